The molecule has 0 unspecified atom stereocenters. The van der Waals surface area contributed by atoms with Crippen molar-refractivity contribution in [1.29, 1.82) is 0 Å². The number of benzene rings is 4. The van der Waals surface area contributed by atoms with Crippen LogP contribution in [0, 0.1) is 5.82 Å². The number of nitrogens with zero attached hydrogens (tertiary/aromatic N) is 2. The fraction of sp³-hybridized carbons (Fsp3) is 0.297. The first kappa shape index (κ1) is 37.5. The average Bonchev–Trinajstić information content (AvgIpc) is 3.14. The number of halogens is 1. The molecule has 0 spiro atoms. The number of sulfonamides is 1. The van der Waals surface area contributed by atoms with Crippen LogP contribution in [0.1, 0.15) is 24.5 Å². The highest BCUT2D eigenvalue weighted by Gasteiger charge is 2.36. The van der Waals surface area contributed by atoms with Gasteiger partial charge >= 0.3 is 0 Å². The van der Waals surface area contributed by atoms with Gasteiger partial charge in [0.25, 0.3) is 10.0 Å². The van der Waals surface area contributed by atoms with Gasteiger partial charge in [-0.15, -0.1) is 0 Å². The Hall–Kier alpha value is -5.30. The molecule has 0 saturated carbocycles. The minimum Gasteiger partial charge on any atom is -0.497 e. The zero-order valence-electron chi connectivity index (χ0n) is 28.7. The summed E-state index contributed by atoms with van der Waals surface area (Å²) in [6.07, 6.45) is 0.722. The highest BCUT2D eigenvalue weighted by atomic mass is 32.2. The Morgan fingerprint density at radius 1 is 0.800 bits per heavy atom. The zero-order chi connectivity index (χ0) is 36.3. The number of methoxy groups -OCH3 is 4. The molecule has 0 radical (unpaired) electrons. The van der Waals surface area contributed by atoms with Crippen molar-refractivity contribution in [2.75, 3.05) is 45.8 Å². The molecule has 266 valence electrons. The third kappa shape index (κ3) is 8.83. The summed E-state index contributed by atoms with van der Waals surface area (Å²) in [5.74, 6) is -0.944. The molecule has 4 aromatic carbocycles. The summed E-state index contributed by atoms with van der Waals surface area (Å²) >= 11 is 0. The Balaban J connectivity index is 1.90. The van der Waals surface area contributed by atoms with E-state index in [-0.39, 0.29) is 40.6 Å². The molecule has 50 heavy (non-hydrogen) atoms. The maximum atomic E-state index is 15.2. The second-order valence-corrected chi connectivity index (χ2v) is 13.0. The number of ether oxygens (including phenoxy) is 4. The van der Waals surface area contributed by atoms with Gasteiger partial charge in [0.1, 0.15) is 29.9 Å². The van der Waals surface area contributed by atoms with Gasteiger partial charge in [0.05, 0.1) is 39.0 Å². The largest absolute Gasteiger partial charge is 0.497 e. The highest BCUT2D eigenvalue weighted by molar-refractivity contribution is 7.92. The van der Waals surface area contributed by atoms with Crippen LogP contribution in [0.15, 0.2) is 95.9 Å². The third-order valence-electron chi connectivity index (χ3n) is 8.00. The number of rotatable bonds is 17. The number of hydrogen-bond acceptors (Lipinski definition) is 8. The molecule has 13 heteroatoms. The summed E-state index contributed by atoms with van der Waals surface area (Å²) in [6, 6.07) is 22.5. The van der Waals surface area contributed by atoms with Crippen molar-refractivity contribution in [2.45, 2.75) is 37.2 Å². The van der Waals surface area contributed by atoms with Crippen LogP contribution < -0.4 is 28.6 Å². The monoisotopic (exact) mass is 707 g/mol. The fourth-order valence-corrected chi connectivity index (χ4v) is 6.77. The van der Waals surface area contributed by atoms with E-state index in [1.165, 1.54) is 81.9 Å². The molecule has 2 amide bonds. The zero-order valence-corrected chi connectivity index (χ0v) is 29.5. The Morgan fingerprint density at radius 2 is 1.46 bits per heavy atom. The van der Waals surface area contributed by atoms with Gasteiger partial charge in [-0.1, -0.05) is 55.5 Å². The smallest absolute Gasteiger partial charge is 0.265 e. The van der Waals surface area contributed by atoms with E-state index in [0.29, 0.717) is 24.5 Å². The normalized spacial score (nSPS) is 11.6. The SMILES string of the molecule is CCCNC(=O)[C@H](Cc1ccccc1)N(Cc1ccccc1F)C(=O)CN(c1cc(OC)ccc1OC)S(=O)(=O)c1ccc(OC)c(OC)c1. The highest BCUT2D eigenvalue weighted by Crippen LogP contribution is 2.38. The van der Waals surface area contributed by atoms with Gasteiger partial charge in [-0.05, 0) is 42.3 Å². The first-order valence-electron chi connectivity index (χ1n) is 15.9. The quantitative estimate of drug-likeness (QED) is 0.159. The van der Waals surface area contributed by atoms with Crippen LogP contribution in [0.3, 0.4) is 0 Å². The van der Waals surface area contributed by atoms with Crippen LogP contribution >= 0.6 is 0 Å². The summed E-state index contributed by atoms with van der Waals surface area (Å²) in [5.41, 5.74) is 0.895. The van der Waals surface area contributed by atoms with Crippen molar-refractivity contribution < 1.29 is 41.3 Å². The topological polar surface area (TPSA) is 124 Å². The van der Waals surface area contributed by atoms with Crippen LogP contribution in [0.4, 0.5) is 10.1 Å². The van der Waals surface area contributed by atoms with E-state index in [2.05, 4.69) is 5.32 Å². The maximum absolute atomic E-state index is 15.2. The second kappa shape index (κ2) is 17.4. The van der Waals surface area contributed by atoms with E-state index in [4.69, 9.17) is 18.9 Å². The predicted molar refractivity (Wildman–Crippen MR) is 188 cm³/mol. The molecule has 0 bridgehead atoms. The van der Waals surface area contributed by atoms with Crippen molar-refractivity contribution in [3.8, 4) is 23.0 Å². The van der Waals surface area contributed by atoms with Gasteiger partial charge in [-0.3, -0.25) is 13.9 Å². The van der Waals surface area contributed by atoms with E-state index < -0.39 is 40.2 Å². The standard InChI is InChI=1S/C37H42FN3O8S/c1-6-20-39-37(43)32(21-26-12-8-7-9-13-26)40(24-27-14-10-11-15-30(27)38)36(42)25-41(31-22-28(46-2)16-18-33(31)47-3)50(44,45)29-17-19-34(48-4)35(23-29)49-5/h7-19,22-23,32H,6,20-21,24-25H2,1-5H3,(H,39,43)/t32-/m0/s1. The lowest BCUT2D eigenvalue weighted by Crippen LogP contribution is -2.53. The molecule has 4 aromatic rings. The first-order valence-corrected chi connectivity index (χ1v) is 17.3. The minimum absolute atomic E-state index is 0.00382. The third-order valence-corrected chi connectivity index (χ3v) is 9.75. The lowest BCUT2D eigenvalue weighted by atomic mass is 10.0. The van der Waals surface area contributed by atoms with Gasteiger partial charge in [0.15, 0.2) is 11.5 Å². The Morgan fingerprint density at radius 3 is 2.10 bits per heavy atom. The van der Waals surface area contributed by atoms with Crippen molar-refractivity contribution >= 4 is 27.5 Å². The van der Waals surface area contributed by atoms with Crippen molar-refractivity contribution in [1.82, 2.24) is 10.2 Å². The Bertz CT molecular complexity index is 1870. The molecule has 0 aromatic heterocycles. The summed E-state index contributed by atoms with van der Waals surface area (Å²) < 4.78 is 66.9. The van der Waals surface area contributed by atoms with Crippen molar-refractivity contribution in [3.63, 3.8) is 0 Å². The molecule has 0 aliphatic heterocycles. The second-order valence-electron chi connectivity index (χ2n) is 11.2. The first-order chi connectivity index (χ1) is 24.1. The molecule has 0 aliphatic rings. The summed E-state index contributed by atoms with van der Waals surface area (Å²) in [7, 11) is 1.02. The molecule has 1 atom stereocenters. The lowest BCUT2D eigenvalue weighted by Gasteiger charge is -2.34. The average molecular weight is 708 g/mol. The number of carbonyl (C=O) groups excluding carboxylic acids is 2. The van der Waals surface area contributed by atoms with E-state index in [1.807, 2.05) is 37.3 Å². The number of amides is 2. The predicted octanol–water partition coefficient (Wildman–Crippen LogP) is 5.22. The molecule has 4 rings (SSSR count). The molecular formula is C37H42FN3O8S. The van der Waals surface area contributed by atoms with Crippen LogP contribution in [0.5, 0.6) is 23.0 Å². The fourth-order valence-electron chi connectivity index (χ4n) is 5.34. The number of nitrogens with one attached hydrogen (secondary N) is 1. The number of hydrogen-bond donors (Lipinski definition) is 1. The maximum Gasteiger partial charge on any atom is 0.265 e. The van der Waals surface area contributed by atoms with Gasteiger partial charge in [0, 0.05) is 37.2 Å². The summed E-state index contributed by atoms with van der Waals surface area (Å²) in [6.45, 7) is 1.13. The molecule has 11 nitrogen and oxygen atoms in total. The van der Waals surface area contributed by atoms with Crippen LogP contribution in [-0.2, 0) is 32.6 Å². The van der Waals surface area contributed by atoms with Crippen molar-refractivity contribution in [2.24, 2.45) is 0 Å². The summed E-state index contributed by atoms with van der Waals surface area (Å²) in [5, 5.41) is 2.87. The van der Waals surface area contributed by atoms with E-state index >= 15 is 4.39 Å². The number of carbonyl (C=O) groups is 2. The van der Waals surface area contributed by atoms with Crippen LogP contribution in [0.25, 0.3) is 0 Å². The molecule has 0 aliphatic carbocycles. The lowest BCUT2D eigenvalue weighted by molar-refractivity contribution is -0.140. The summed E-state index contributed by atoms with van der Waals surface area (Å²) in [4.78, 5) is 29.5. The van der Waals surface area contributed by atoms with E-state index in [1.54, 1.807) is 12.1 Å². The molecule has 0 heterocycles. The molecule has 0 saturated heterocycles. The van der Waals surface area contributed by atoms with Crippen LogP contribution in [0.2, 0.25) is 0 Å². The van der Waals surface area contributed by atoms with Gasteiger partial charge in [0.2, 0.25) is 11.8 Å². The van der Waals surface area contributed by atoms with E-state index in [0.717, 1.165) is 9.87 Å². The number of anilines is 1. The van der Waals surface area contributed by atoms with Crippen molar-refractivity contribution in [3.05, 3.63) is 108 Å². The molecule has 1 N–H and O–H groups in total. The molecule has 0 fully saturated rings. The van der Waals surface area contributed by atoms with E-state index in [9.17, 15) is 18.0 Å². The van der Waals surface area contributed by atoms with Gasteiger partial charge < -0.3 is 29.2 Å². The Labute approximate surface area is 292 Å². The minimum atomic E-state index is -4.56. The van der Waals surface area contributed by atoms with Gasteiger partial charge in [-0.2, -0.15) is 0 Å². The van der Waals surface area contributed by atoms with Gasteiger partial charge in [-0.25, -0.2) is 12.8 Å². The van der Waals surface area contributed by atoms with Crippen LogP contribution in [-0.4, -0.2) is 72.7 Å². The molecular weight excluding hydrogens is 665 g/mol. The Kier molecular flexibility index (Phi) is 13.0.